The van der Waals surface area contributed by atoms with Crippen LogP contribution in [0.3, 0.4) is 0 Å². The van der Waals surface area contributed by atoms with Crippen LogP contribution in [0.2, 0.25) is 5.02 Å². The first kappa shape index (κ1) is 20.4. The normalized spacial score (nSPS) is 13.6. The average molecular weight is 413 g/mol. The molecule has 3 rings (SSSR count). The van der Waals surface area contributed by atoms with Crippen LogP contribution < -0.4 is 15.0 Å². The summed E-state index contributed by atoms with van der Waals surface area (Å²) in [7, 11) is 1.58. The predicted octanol–water partition coefficient (Wildman–Crippen LogP) is 2.40. The standard InChI is InChI=1S/C20H21ClN6O2/c1-29-18-11-14(4-5-16(18)21)26-7-9-27(10-8-26)19(28)13-25-20-15(17(23)12-22)3-2-6-24-20/h2-6,11,23H,7-10,13H2,1H3,(H,24,25). The van der Waals surface area contributed by atoms with Crippen molar-refractivity contribution in [2.45, 2.75) is 0 Å². The zero-order valence-electron chi connectivity index (χ0n) is 16.0. The molecule has 2 aromatic rings. The summed E-state index contributed by atoms with van der Waals surface area (Å²) in [5, 5.41) is 20.1. The van der Waals surface area contributed by atoms with E-state index in [1.165, 1.54) is 0 Å². The Morgan fingerprint density at radius 3 is 2.79 bits per heavy atom. The summed E-state index contributed by atoms with van der Waals surface area (Å²) < 4.78 is 5.27. The van der Waals surface area contributed by atoms with E-state index >= 15 is 0 Å². The Kier molecular flexibility index (Phi) is 6.52. The summed E-state index contributed by atoms with van der Waals surface area (Å²) >= 11 is 6.09. The number of carbonyl (C=O) groups is 1. The Bertz CT molecular complexity index is 950. The van der Waals surface area contributed by atoms with Crippen LogP contribution in [0.15, 0.2) is 36.5 Å². The number of nitriles is 1. The maximum absolute atomic E-state index is 12.6. The lowest BCUT2D eigenvalue weighted by Gasteiger charge is -2.36. The van der Waals surface area contributed by atoms with Gasteiger partial charge in [-0.1, -0.05) is 11.6 Å². The summed E-state index contributed by atoms with van der Waals surface area (Å²) in [6, 6.07) is 10.7. The molecule has 150 valence electrons. The number of pyridine rings is 1. The average Bonchev–Trinajstić information content (AvgIpc) is 2.77. The van der Waals surface area contributed by atoms with Crippen molar-refractivity contribution in [1.82, 2.24) is 9.88 Å². The van der Waals surface area contributed by atoms with E-state index in [0.29, 0.717) is 48.3 Å². The number of ether oxygens (including phenoxy) is 1. The molecule has 0 unspecified atom stereocenters. The third-order valence-electron chi connectivity index (χ3n) is 4.73. The third kappa shape index (κ3) is 4.76. The van der Waals surface area contributed by atoms with Gasteiger partial charge < -0.3 is 19.9 Å². The molecule has 1 aliphatic heterocycles. The molecule has 1 saturated heterocycles. The first-order valence-corrected chi connectivity index (χ1v) is 9.45. The van der Waals surface area contributed by atoms with Crippen LogP contribution in [0.5, 0.6) is 5.75 Å². The van der Waals surface area contributed by atoms with Crippen LogP contribution in [0.1, 0.15) is 5.56 Å². The molecule has 0 aliphatic carbocycles. The summed E-state index contributed by atoms with van der Waals surface area (Å²) in [5.74, 6) is 0.929. The second kappa shape index (κ2) is 9.26. The number of carbonyl (C=O) groups excluding carboxylic acids is 1. The molecule has 2 heterocycles. The SMILES string of the molecule is COc1cc(N2CCN(C(=O)CNc3ncccc3C(=N)C#N)CC2)ccc1Cl. The number of nitrogens with one attached hydrogen (secondary N) is 2. The molecule has 1 amide bonds. The largest absolute Gasteiger partial charge is 0.495 e. The van der Waals surface area contributed by atoms with Gasteiger partial charge in [-0.3, -0.25) is 10.2 Å². The van der Waals surface area contributed by atoms with Crippen LogP contribution in [-0.2, 0) is 4.79 Å². The Balaban J connectivity index is 1.56. The van der Waals surface area contributed by atoms with E-state index in [9.17, 15) is 4.79 Å². The number of amides is 1. The van der Waals surface area contributed by atoms with Crippen molar-refractivity contribution in [3.8, 4) is 11.8 Å². The fraction of sp³-hybridized carbons (Fsp3) is 0.300. The highest BCUT2D eigenvalue weighted by Crippen LogP contribution is 2.29. The molecule has 0 atom stereocenters. The van der Waals surface area contributed by atoms with Crippen LogP contribution in [0.4, 0.5) is 11.5 Å². The van der Waals surface area contributed by atoms with Crippen LogP contribution in [0, 0.1) is 16.7 Å². The molecule has 1 aromatic heterocycles. The number of methoxy groups -OCH3 is 1. The lowest BCUT2D eigenvalue weighted by molar-refractivity contribution is -0.129. The zero-order chi connectivity index (χ0) is 20.8. The van der Waals surface area contributed by atoms with Crippen molar-refractivity contribution in [3.63, 3.8) is 0 Å². The highest BCUT2D eigenvalue weighted by Gasteiger charge is 2.22. The van der Waals surface area contributed by atoms with Gasteiger partial charge in [-0.05, 0) is 24.3 Å². The molecular formula is C20H21ClN6O2. The molecule has 1 aromatic carbocycles. The summed E-state index contributed by atoms with van der Waals surface area (Å²) in [4.78, 5) is 20.7. The van der Waals surface area contributed by atoms with Gasteiger partial charge in [-0.25, -0.2) is 4.98 Å². The monoisotopic (exact) mass is 412 g/mol. The number of aromatic nitrogens is 1. The maximum Gasteiger partial charge on any atom is 0.242 e. The number of nitrogens with zero attached hydrogens (tertiary/aromatic N) is 4. The summed E-state index contributed by atoms with van der Waals surface area (Å²) in [5.41, 5.74) is 1.19. The van der Waals surface area contributed by atoms with E-state index < -0.39 is 0 Å². The molecule has 2 N–H and O–H groups in total. The van der Waals surface area contributed by atoms with Gasteiger partial charge in [0.1, 0.15) is 23.3 Å². The van der Waals surface area contributed by atoms with E-state index in [4.69, 9.17) is 27.0 Å². The summed E-state index contributed by atoms with van der Waals surface area (Å²) in [6.07, 6.45) is 1.56. The minimum absolute atomic E-state index is 0.0531. The Morgan fingerprint density at radius 1 is 1.34 bits per heavy atom. The molecule has 0 bridgehead atoms. The van der Waals surface area contributed by atoms with Crippen LogP contribution in [0.25, 0.3) is 0 Å². The van der Waals surface area contributed by atoms with E-state index in [-0.39, 0.29) is 18.2 Å². The minimum Gasteiger partial charge on any atom is -0.495 e. The van der Waals surface area contributed by atoms with Crippen molar-refractivity contribution < 1.29 is 9.53 Å². The predicted molar refractivity (Wildman–Crippen MR) is 112 cm³/mol. The number of hydrogen-bond acceptors (Lipinski definition) is 7. The minimum atomic E-state index is -0.194. The number of piperazine rings is 1. The van der Waals surface area contributed by atoms with Gasteiger partial charge in [-0.15, -0.1) is 0 Å². The fourth-order valence-electron chi connectivity index (χ4n) is 3.14. The number of anilines is 2. The van der Waals surface area contributed by atoms with Crippen molar-refractivity contribution in [2.75, 3.05) is 50.1 Å². The Labute approximate surface area is 174 Å². The topological polar surface area (TPSA) is 105 Å². The lowest BCUT2D eigenvalue weighted by Crippen LogP contribution is -2.50. The maximum atomic E-state index is 12.6. The van der Waals surface area contributed by atoms with Gasteiger partial charge in [0.05, 0.1) is 24.2 Å². The molecule has 8 nitrogen and oxygen atoms in total. The number of benzene rings is 1. The lowest BCUT2D eigenvalue weighted by atomic mass is 10.1. The second-order valence-electron chi connectivity index (χ2n) is 6.43. The number of rotatable bonds is 6. The number of hydrogen-bond donors (Lipinski definition) is 2. The third-order valence-corrected chi connectivity index (χ3v) is 5.04. The molecule has 0 radical (unpaired) electrons. The van der Waals surface area contributed by atoms with Gasteiger partial charge in [0, 0.05) is 44.1 Å². The highest BCUT2D eigenvalue weighted by molar-refractivity contribution is 6.32. The van der Waals surface area contributed by atoms with E-state index in [0.717, 1.165) is 5.69 Å². The summed E-state index contributed by atoms with van der Waals surface area (Å²) in [6.45, 7) is 2.63. The van der Waals surface area contributed by atoms with Gasteiger partial charge in [0.25, 0.3) is 0 Å². The molecule has 0 saturated carbocycles. The molecule has 29 heavy (non-hydrogen) atoms. The number of halogens is 1. The van der Waals surface area contributed by atoms with Crippen molar-refractivity contribution >= 4 is 34.7 Å². The van der Waals surface area contributed by atoms with Crippen LogP contribution in [-0.4, -0.2) is 61.3 Å². The van der Waals surface area contributed by atoms with E-state index in [2.05, 4.69) is 15.2 Å². The Morgan fingerprint density at radius 2 is 2.10 bits per heavy atom. The van der Waals surface area contributed by atoms with Gasteiger partial charge >= 0.3 is 0 Å². The van der Waals surface area contributed by atoms with Gasteiger partial charge in [0.2, 0.25) is 5.91 Å². The smallest absolute Gasteiger partial charge is 0.242 e. The van der Waals surface area contributed by atoms with Crippen LogP contribution >= 0.6 is 11.6 Å². The van der Waals surface area contributed by atoms with E-state index in [1.807, 2.05) is 12.1 Å². The van der Waals surface area contributed by atoms with Gasteiger partial charge in [-0.2, -0.15) is 5.26 Å². The quantitative estimate of drug-likeness (QED) is 0.706. The molecular weight excluding hydrogens is 392 g/mol. The molecule has 1 aliphatic rings. The fourth-order valence-corrected chi connectivity index (χ4v) is 3.33. The highest BCUT2D eigenvalue weighted by atomic mass is 35.5. The first-order valence-electron chi connectivity index (χ1n) is 9.07. The second-order valence-corrected chi connectivity index (χ2v) is 6.83. The molecule has 9 heteroatoms. The molecule has 1 fully saturated rings. The van der Waals surface area contributed by atoms with Gasteiger partial charge in [0.15, 0.2) is 0 Å². The molecule has 0 spiro atoms. The van der Waals surface area contributed by atoms with Crippen molar-refractivity contribution in [1.29, 1.82) is 10.7 Å². The van der Waals surface area contributed by atoms with Crippen molar-refractivity contribution in [3.05, 3.63) is 47.1 Å². The van der Waals surface area contributed by atoms with E-state index in [1.54, 1.807) is 42.5 Å². The van der Waals surface area contributed by atoms with Crippen molar-refractivity contribution in [2.24, 2.45) is 0 Å². The zero-order valence-corrected chi connectivity index (χ0v) is 16.7. The first-order chi connectivity index (χ1) is 14.0. The Hall–Kier alpha value is -3.31.